The largest absolute Gasteiger partial charge is 0.344 e. The summed E-state index contributed by atoms with van der Waals surface area (Å²) in [5.41, 5.74) is 2.69. The van der Waals surface area contributed by atoms with E-state index in [0.717, 1.165) is 39.1 Å². The average Bonchev–Trinajstić information content (AvgIpc) is 3.71. The van der Waals surface area contributed by atoms with Crippen LogP contribution >= 0.6 is 0 Å². The number of rotatable bonds is 3. The highest BCUT2D eigenvalue weighted by molar-refractivity contribution is 5.90. The Kier molecular flexibility index (Phi) is 7.59. The third kappa shape index (κ3) is 4.06. The summed E-state index contributed by atoms with van der Waals surface area (Å²) in [5, 5.41) is 13.0. The van der Waals surface area contributed by atoms with Gasteiger partial charge in [0, 0.05) is 57.0 Å². The van der Waals surface area contributed by atoms with Crippen LogP contribution in [0.4, 0.5) is 0 Å². The molecule has 3 aliphatic carbocycles. The number of pyridine rings is 1. The second-order valence-electron chi connectivity index (χ2n) is 10.9. The lowest BCUT2D eigenvalue weighted by Gasteiger charge is -2.45. The summed E-state index contributed by atoms with van der Waals surface area (Å²) < 4.78 is 0. The molecule has 0 amide bonds. The first kappa shape index (κ1) is 26.7. The molecule has 6 aliphatic rings. The Morgan fingerprint density at radius 2 is 1.97 bits per heavy atom. The van der Waals surface area contributed by atoms with Crippen LogP contribution in [0.15, 0.2) is 35.5 Å². The fourth-order valence-corrected chi connectivity index (χ4v) is 7.04. The van der Waals surface area contributed by atoms with Gasteiger partial charge < -0.3 is 21.3 Å². The summed E-state index contributed by atoms with van der Waals surface area (Å²) in [6.45, 7) is 5.31. The minimum absolute atomic E-state index is 0. The van der Waals surface area contributed by atoms with Crippen molar-refractivity contribution in [2.45, 2.75) is 63.2 Å². The highest BCUT2D eigenvalue weighted by Crippen LogP contribution is 2.64. The van der Waals surface area contributed by atoms with Gasteiger partial charge in [0.1, 0.15) is 17.0 Å². The first-order valence-corrected chi connectivity index (χ1v) is 13.1. The Bertz CT molecular complexity index is 1010. The molecule has 1 aromatic heterocycles. The SMILES string of the molecule is C.CNCC12N=C3CC=CC4CC4(N4CCN(C)CC4)N3C1C2C#N.N.c1cnc2c(c1)CCCC2. The zero-order chi connectivity index (χ0) is 23.3. The fourth-order valence-electron chi connectivity index (χ4n) is 7.04. The van der Waals surface area contributed by atoms with Gasteiger partial charge in [-0.3, -0.25) is 14.9 Å². The van der Waals surface area contributed by atoms with E-state index in [2.05, 4.69) is 56.3 Å². The third-order valence-electron chi connectivity index (χ3n) is 8.93. The van der Waals surface area contributed by atoms with Crippen molar-refractivity contribution >= 4 is 5.84 Å². The van der Waals surface area contributed by atoms with Gasteiger partial charge in [-0.1, -0.05) is 25.6 Å². The number of nitriles is 1. The van der Waals surface area contributed by atoms with Crippen LogP contribution < -0.4 is 11.5 Å². The number of piperazine rings is 1. The van der Waals surface area contributed by atoms with Gasteiger partial charge in [0.05, 0.1) is 18.0 Å². The van der Waals surface area contributed by atoms with Crippen molar-refractivity contribution in [3.63, 3.8) is 0 Å². The van der Waals surface area contributed by atoms with Crippen molar-refractivity contribution in [2.24, 2.45) is 16.8 Å². The zero-order valence-electron chi connectivity index (χ0n) is 21.3. The van der Waals surface area contributed by atoms with Gasteiger partial charge in [0.2, 0.25) is 0 Å². The maximum absolute atomic E-state index is 9.68. The van der Waals surface area contributed by atoms with Gasteiger partial charge in [-0.2, -0.15) is 5.26 Å². The number of hydrogen-bond donors (Lipinski definition) is 2. The van der Waals surface area contributed by atoms with E-state index in [1.165, 1.54) is 49.2 Å². The van der Waals surface area contributed by atoms with Crippen LogP contribution in [0.5, 0.6) is 0 Å². The van der Waals surface area contributed by atoms with E-state index in [1.807, 2.05) is 19.3 Å². The standard InChI is InChI=1S/C18H26N6.C9H11N.CH4.H3N/c1-20-12-17-14(11-19)16(17)24-15(21-17)5-3-4-13-10-18(13,24)23-8-6-22(2)7-9-23;1-2-6-9-8(4-1)5-3-7-10-9;;/h3-4,13-14,16,20H,5-10,12H2,1-2H3;3,5,7H,1-2,4,6H2;1H4;1H3. The minimum Gasteiger partial charge on any atom is -0.344 e. The molecule has 5 unspecified atom stereocenters. The maximum atomic E-state index is 9.68. The molecule has 0 radical (unpaired) electrons. The molecule has 3 fully saturated rings. The number of aryl methyl sites for hydroxylation is 2. The van der Waals surface area contributed by atoms with Gasteiger partial charge in [-0.05, 0) is 57.8 Å². The molecule has 8 heteroatoms. The van der Waals surface area contributed by atoms with Crippen LogP contribution in [0.25, 0.3) is 0 Å². The molecule has 7 rings (SSSR count). The van der Waals surface area contributed by atoms with Crippen LogP contribution in [0.1, 0.15) is 44.4 Å². The number of aromatic nitrogens is 1. The zero-order valence-corrected chi connectivity index (χ0v) is 21.3. The quantitative estimate of drug-likeness (QED) is 0.625. The van der Waals surface area contributed by atoms with E-state index in [9.17, 15) is 5.26 Å². The first-order valence-electron chi connectivity index (χ1n) is 13.1. The predicted molar refractivity (Wildman–Crippen MR) is 145 cm³/mol. The van der Waals surface area contributed by atoms with E-state index < -0.39 is 0 Å². The molecule has 1 saturated heterocycles. The van der Waals surface area contributed by atoms with Gasteiger partial charge >= 0.3 is 0 Å². The van der Waals surface area contributed by atoms with Gasteiger partial charge in [-0.25, -0.2) is 0 Å². The van der Waals surface area contributed by atoms with Crippen LogP contribution in [-0.2, 0) is 12.8 Å². The Balaban J connectivity index is 0.000000215. The Hall–Kier alpha value is -2.31. The number of nitrogens with zero attached hydrogens (tertiary/aromatic N) is 6. The molecule has 4 N–H and O–H groups in total. The van der Waals surface area contributed by atoms with E-state index in [0.29, 0.717) is 5.92 Å². The van der Waals surface area contributed by atoms with Crippen molar-refractivity contribution in [3.05, 3.63) is 41.7 Å². The lowest BCUT2D eigenvalue weighted by Crippen LogP contribution is -2.59. The molecule has 1 aromatic rings. The highest BCUT2D eigenvalue weighted by Gasteiger charge is 2.78. The monoisotopic (exact) mass is 492 g/mol. The Morgan fingerprint density at radius 1 is 1.19 bits per heavy atom. The number of amidine groups is 1. The molecule has 2 saturated carbocycles. The van der Waals surface area contributed by atoms with Crippen LogP contribution in [0.3, 0.4) is 0 Å². The minimum atomic E-state index is -0.198. The normalized spacial score (nSPS) is 35.5. The molecule has 0 bridgehead atoms. The molecule has 0 aromatic carbocycles. The van der Waals surface area contributed by atoms with Gasteiger partial charge in [0.25, 0.3) is 0 Å². The predicted octanol–water partition coefficient (Wildman–Crippen LogP) is 2.86. The summed E-state index contributed by atoms with van der Waals surface area (Å²) in [4.78, 5) is 17.1. The lowest BCUT2D eigenvalue weighted by molar-refractivity contribution is 0.0186. The Labute approximate surface area is 217 Å². The number of fused-ring (bicyclic) bond motifs is 6. The average molecular weight is 493 g/mol. The second-order valence-corrected chi connectivity index (χ2v) is 10.9. The van der Waals surface area contributed by atoms with Gasteiger partial charge in [-0.15, -0.1) is 0 Å². The Morgan fingerprint density at radius 3 is 2.69 bits per heavy atom. The van der Waals surface area contributed by atoms with Crippen molar-refractivity contribution in [1.29, 1.82) is 5.26 Å². The summed E-state index contributed by atoms with van der Waals surface area (Å²) >= 11 is 0. The van der Waals surface area contributed by atoms with Crippen LogP contribution in [0, 0.1) is 23.2 Å². The maximum Gasteiger partial charge on any atom is 0.115 e. The summed E-state index contributed by atoms with van der Waals surface area (Å²) in [5.74, 6) is 1.85. The first-order chi connectivity index (χ1) is 16.6. The molecule has 3 aliphatic heterocycles. The molecular weight excluding hydrogens is 448 g/mol. The van der Waals surface area contributed by atoms with Crippen molar-refractivity contribution in [1.82, 2.24) is 31.2 Å². The molecule has 196 valence electrons. The molecule has 0 spiro atoms. The topological polar surface area (TPSA) is 106 Å². The summed E-state index contributed by atoms with van der Waals surface area (Å²) in [7, 11) is 4.18. The smallest absolute Gasteiger partial charge is 0.115 e. The second kappa shape index (κ2) is 10.2. The van der Waals surface area contributed by atoms with E-state index >= 15 is 0 Å². The van der Waals surface area contributed by atoms with E-state index in [-0.39, 0.29) is 36.7 Å². The van der Waals surface area contributed by atoms with Crippen LogP contribution in [-0.4, -0.2) is 89.6 Å². The van der Waals surface area contributed by atoms with E-state index in [4.69, 9.17) is 4.99 Å². The number of hydrogen-bond acceptors (Lipinski definition) is 8. The van der Waals surface area contributed by atoms with Crippen molar-refractivity contribution in [2.75, 3.05) is 46.8 Å². The van der Waals surface area contributed by atoms with Gasteiger partial charge in [0.15, 0.2) is 0 Å². The highest BCUT2D eigenvalue weighted by atomic mass is 15.5. The number of aliphatic imine (C=N–C) groups is 1. The van der Waals surface area contributed by atoms with Crippen molar-refractivity contribution < 1.29 is 0 Å². The molecule has 5 atom stereocenters. The van der Waals surface area contributed by atoms with E-state index in [1.54, 1.807) is 0 Å². The summed E-state index contributed by atoms with van der Waals surface area (Å²) in [6, 6.07) is 7.05. The molecule has 8 nitrogen and oxygen atoms in total. The summed E-state index contributed by atoms with van der Waals surface area (Å²) in [6.07, 6.45) is 13.8. The third-order valence-corrected chi connectivity index (χ3v) is 8.93. The van der Waals surface area contributed by atoms with Crippen LogP contribution in [0.2, 0.25) is 0 Å². The number of likely N-dealkylation sites (N-methyl/N-ethyl adjacent to an activating group) is 2. The fraction of sp³-hybridized carbons (Fsp3) is 0.679. The molecular formula is C28H44N8. The van der Waals surface area contributed by atoms with Crippen molar-refractivity contribution in [3.8, 4) is 6.07 Å². The lowest BCUT2D eigenvalue weighted by atomic mass is 9.96. The number of nitrogens with one attached hydrogen (secondary N) is 1. The molecule has 4 heterocycles. The molecule has 36 heavy (non-hydrogen) atoms.